The summed E-state index contributed by atoms with van der Waals surface area (Å²) in [7, 11) is 0. The number of hydrogen-bond acceptors (Lipinski definition) is 2. The van der Waals surface area contributed by atoms with Gasteiger partial charge in [0.25, 0.3) is 0 Å². The number of nitrogens with zero attached hydrogens (tertiary/aromatic N) is 1. The first-order valence-electron chi connectivity index (χ1n) is 8.39. The molecule has 2 fully saturated rings. The van der Waals surface area contributed by atoms with Crippen molar-refractivity contribution in [3.05, 3.63) is 35.4 Å². The van der Waals surface area contributed by atoms with Crippen LogP contribution in [0.3, 0.4) is 0 Å². The summed E-state index contributed by atoms with van der Waals surface area (Å²) in [5.41, 5.74) is 9.28. The molecule has 0 bridgehead atoms. The van der Waals surface area contributed by atoms with Crippen molar-refractivity contribution in [2.75, 3.05) is 13.1 Å². The van der Waals surface area contributed by atoms with Crippen LogP contribution >= 0.6 is 0 Å². The Hall–Kier alpha value is -0.860. The Morgan fingerprint density at radius 1 is 1.20 bits per heavy atom. The maximum absolute atomic E-state index is 6.19. The van der Waals surface area contributed by atoms with Gasteiger partial charge >= 0.3 is 0 Å². The second kappa shape index (κ2) is 6.28. The minimum absolute atomic E-state index is 0.436. The highest BCUT2D eigenvalue weighted by atomic mass is 15.2. The Morgan fingerprint density at radius 2 is 1.95 bits per heavy atom. The fourth-order valence-electron chi connectivity index (χ4n) is 3.36. The normalized spacial score (nSPS) is 20.4. The molecule has 110 valence electrons. The van der Waals surface area contributed by atoms with Crippen LogP contribution in [-0.2, 0) is 0 Å². The van der Waals surface area contributed by atoms with Crippen LogP contribution in [0.4, 0.5) is 0 Å². The standard InChI is InChI=1S/C18H28N2/c1-2-3-12-20(15-10-11-15)18(13-19)17-7-5-4-6-16(17)14-8-9-14/h4-7,14-15,18H,2-3,8-13,19H2,1H3. The molecule has 2 aliphatic rings. The van der Waals surface area contributed by atoms with Crippen molar-refractivity contribution >= 4 is 0 Å². The molecule has 3 rings (SSSR count). The molecule has 2 aliphatic carbocycles. The van der Waals surface area contributed by atoms with Gasteiger partial charge in [-0.2, -0.15) is 0 Å². The first-order chi connectivity index (χ1) is 9.85. The molecule has 0 aliphatic heterocycles. The van der Waals surface area contributed by atoms with Crippen molar-refractivity contribution in [3.63, 3.8) is 0 Å². The Balaban J connectivity index is 1.83. The second-order valence-electron chi connectivity index (χ2n) is 6.48. The molecule has 0 aromatic heterocycles. The molecule has 1 atom stereocenters. The summed E-state index contributed by atoms with van der Waals surface area (Å²) in [5, 5.41) is 0. The zero-order valence-electron chi connectivity index (χ0n) is 12.7. The number of hydrogen-bond donors (Lipinski definition) is 1. The average molecular weight is 272 g/mol. The zero-order valence-corrected chi connectivity index (χ0v) is 12.7. The monoisotopic (exact) mass is 272 g/mol. The first kappa shape index (κ1) is 14.1. The van der Waals surface area contributed by atoms with Gasteiger partial charge in [0.1, 0.15) is 0 Å². The highest BCUT2D eigenvalue weighted by Gasteiger charge is 2.36. The van der Waals surface area contributed by atoms with Gasteiger partial charge in [0.2, 0.25) is 0 Å². The third kappa shape index (κ3) is 3.07. The van der Waals surface area contributed by atoms with E-state index in [1.54, 1.807) is 5.56 Å². The Kier molecular flexibility index (Phi) is 4.42. The molecule has 0 heterocycles. The largest absolute Gasteiger partial charge is 0.329 e. The SMILES string of the molecule is CCCCN(C1CC1)C(CN)c1ccccc1C1CC1. The molecular formula is C18H28N2. The van der Waals surface area contributed by atoms with Gasteiger partial charge in [0.05, 0.1) is 0 Å². The van der Waals surface area contributed by atoms with Crippen LogP contribution in [0.25, 0.3) is 0 Å². The lowest BCUT2D eigenvalue weighted by molar-refractivity contribution is 0.187. The molecule has 0 spiro atoms. The Labute approximate surface area is 123 Å². The lowest BCUT2D eigenvalue weighted by Gasteiger charge is -2.32. The van der Waals surface area contributed by atoms with E-state index in [9.17, 15) is 0 Å². The van der Waals surface area contributed by atoms with Crippen LogP contribution in [0, 0.1) is 0 Å². The molecule has 2 saturated carbocycles. The van der Waals surface area contributed by atoms with Crippen molar-refractivity contribution in [1.29, 1.82) is 0 Å². The lowest BCUT2D eigenvalue weighted by atomic mass is 9.95. The van der Waals surface area contributed by atoms with E-state index < -0.39 is 0 Å². The van der Waals surface area contributed by atoms with Crippen LogP contribution in [0.1, 0.15) is 68.5 Å². The van der Waals surface area contributed by atoms with Gasteiger partial charge in [-0.25, -0.2) is 0 Å². The van der Waals surface area contributed by atoms with Crippen molar-refractivity contribution < 1.29 is 0 Å². The highest BCUT2D eigenvalue weighted by Crippen LogP contribution is 2.44. The van der Waals surface area contributed by atoms with Gasteiger partial charge in [0, 0.05) is 18.6 Å². The molecule has 1 aromatic rings. The number of rotatable bonds is 8. The third-order valence-electron chi connectivity index (χ3n) is 4.78. The first-order valence-corrected chi connectivity index (χ1v) is 8.39. The van der Waals surface area contributed by atoms with Gasteiger partial charge in [-0.15, -0.1) is 0 Å². The van der Waals surface area contributed by atoms with Gasteiger partial charge < -0.3 is 5.73 Å². The Morgan fingerprint density at radius 3 is 2.55 bits per heavy atom. The van der Waals surface area contributed by atoms with Crippen molar-refractivity contribution in [2.45, 2.75) is 63.5 Å². The van der Waals surface area contributed by atoms with E-state index in [2.05, 4.69) is 36.1 Å². The molecule has 1 unspecified atom stereocenters. The highest BCUT2D eigenvalue weighted by molar-refractivity contribution is 5.36. The van der Waals surface area contributed by atoms with E-state index >= 15 is 0 Å². The molecule has 2 heteroatoms. The van der Waals surface area contributed by atoms with Gasteiger partial charge in [-0.3, -0.25) is 4.90 Å². The van der Waals surface area contributed by atoms with Crippen molar-refractivity contribution in [3.8, 4) is 0 Å². The minimum Gasteiger partial charge on any atom is -0.329 e. The Bertz CT molecular complexity index is 435. The number of benzene rings is 1. The topological polar surface area (TPSA) is 29.3 Å². The van der Waals surface area contributed by atoms with E-state index in [0.717, 1.165) is 18.5 Å². The van der Waals surface area contributed by atoms with E-state index in [1.165, 1.54) is 50.6 Å². The fourth-order valence-corrected chi connectivity index (χ4v) is 3.36. The summed E-state index contributed by atoms with van der Waals surface area (Å²) in [6.45, 7) is 4.24. The summed E-state index contributed by atoms with van der Waals surface area (Å²) in [5.74, 6) is 0.812. The van der Waals surface area contributed by atoms with Crippen molar-refractivity contribution in [1.82, 2.24) is 4.90 Å². The molecule has 0 radical (unpaired) electrons. The van der Waals surface area contributed by atoms with Gasteiger partial charge in [-0.05, 0) is 55.7 Å². The quantitative estimate of drug-likeness (QED) is 0.779. The van der Waals surface area contributed by atoms with Crippen LogP contribution < -0.4 is 5.73 Å². The molecular weight excluding hydrogens is 244 g/mol. The van der Waals surface area contributed by atoms with Crippen LogP contribution in [0.2, 0.25) is 0 Å². The molecule has 2 N–H and O–H groups in total. The maximum Gasteiger partial charge on any atom is 0.0476 e. The predicted molar refractivity (Wildman–Crippen MR) is 84.8 cm³/mol. The fraction of sp³-hybridized carbons (Fsp3) is 0.667. The molecule has 2 nitrogen and oxygen atoms in total. The predicted octanol–water partition coefficient (Wildman–Crippen LogP) is 3.83. The van der Waals surface area contributed by atoms with Crippen LogP contribution in [0.15, 0.2) is 24.3 Å². The van der Waals surface area contributed by atoms with Crippen LogP contribution in [-0.4, -0.2) is 24.0 Å². The zero-order chi connectivity index (χ0) is 13.9. The van der Waals surface area contributed by atoms with Gasteiger partial charge in [0.15, 0.2) is 0 Å². The van der Waals surface area contributed by atoms with Crippen LogP contribution in [0.5, 0.6) is 0 Å². The second-order valence-corrected chi connectivity index (χ2v) is 6.48. The van der Waals surface area contributed by atoms with E-state index in [1.807, 2.05) is 0 Å². The lowest BCUT2D eigenvalue weighted by Crippen LogP contribution is -2.36. The summed E-state index contributed by atoms with van der Waals surface area (Å²) in [6, 6.07) is 10.3. The summed E-state index contributed by atoms with van der Waals surface area (Å²) >= 11 is 0. The minimum atomic E-state index is 0.436. The smallest absolute Gasteiger partial charge is 0.0476 e. The third-order valence-corrected chi connectivity index (χ3v) is 4.78. The van der Waals surface area contributed by atoms with E-state index in [4.69, 9.17) is 5.73 Å². The molecule has 20 heavy (non-hydrogen) atoms. The van der Waals surface area contributed by atoms with E-state index in [-0.39, 0.29) is 0 Å². The molecule has 0 saturated heterocycles. The van der Waals surface area contributed by atoms with E-state index in [0.29, 0.717) is 6.04 Å². The van der Waals surface area contributed by atoms with Gasteiger partial charge in [-0.1, -0.05) is 37.6 Å². The molecule has 0 amide bonds. The molecule has 1 aromatic carbocycles. The van der Waals surface area contributed by atoms with Crippen molar-refractivity contribution in [2.24, 2.45) is 5.73 Å². The summed E-state index contributed by atoms with van der Waals surface area (Å²) in [4.78, 5) is 2.70. The summed E-state index contributed by atoms with van der Waals surface area (Å²) < 4.78 is 0. The average Bonchev–Trinajstić information content (AvgIpc) is 3.36. The number of unbranched alkanes of at least 4 members (excludes halogenated alkanes) is 1. The number of nitrogens with two attached hydrogens (primary N) is 1. The summed E-state index contributed by atoms with van der Waals surface area (Å²) in [6.07, 6.45) is 8.03. The maximum atomic E-state index is 6.19.